The summed E-state index contributed by atoms with van der Waals surface area (Å²) in [5, 5.41) is 6.03. The second kappa shape index (κ2) is 7.89. The number of aromatic nitrogens is 3. The molecule has 0 radical (unpaired) electrons. The van der Waals surface area contributed by atoms with Crippen molar-refractivity contribution in [3.63, 3.8) is 0 Å². The van der Waals surface area contributed by atoms with Crippen LogP contribution < -0.4 is 10.9 Å². The van der Waals surface area contributed by atoms with E-state index in [1.807, 2.05) is 24.3 Å². The van der Waals surface area contributed by atoms with E-state index in [0.29, 0.717) is 18.3 Å². The van der Waals surface area contributed by atoms with Gasteiger partial charge in [0, 0.05) is 24.3 Å². The normalized spacial score (nSPS) is 21.7. The smallest absolute Gasteiger partial charge is 0.209 e. The maximum Gasteiger partial charge on any atom is 0.209 e. The Kier molecular flexibility index (Phi) is 5.19. The van der Waals surface area contributed by atoms with Crippen LogP contribution in [0.3, 0.4) is 0 Å². The molecule has 3 aromatic rings. The van der Waals surface area contributed by atoms with Gasteiger partial charge in [-0.15, -0.1) is 0 Å². The lowest BCUT2D eigenvalue weighted by molar-refractivity contribution is 0.0921. The molecule has 1 aliphatic heterocycles. The fourth-order valence-corrected chi connectivity index (χ4v) is 5.29. The van der Waals surface area contributed by atoms with E-state index >= 15 is 0 Å². The molecule has 0 spiro atoms. The van der Waals surface area contributed by atoms with Crippen LogP contribution in [0.15, 0.2) is 36.8 Å². The largest absolute Gasteiger partial charge is 0.383 e. The molecule has 0 amide bonds. The topological polar surface area (TPSA) is 120 Å². The number of nitrogens with two attached hydrogens (primary N) is 2. The summed E-state index contributed by atoms with van der Waals surface area (Å²) < 4.78 is 25.0. The van der Waals surface area contributed by atoms with E-state index in [4.69, 9.17) is 10.9 Å². The quantitative estimate of drug-likeness (QED) is 0.581. The number of likely N-dealkylation sites (tertiary alicyclic amines) is 1. The first-order valence-electron chi connectivity index (χ1n) is 10.8. The Labute approximate surface area is 182 Å². The molecule has 3 heterocycles. The second-order valence-electron chi connectivity index (χ2n) is 8.87. The van der Waals surface area contributed by atoms with E-state index in [0.717, 1.165) is 46.5 Å². The average molecular weight is 441 g/mol. The van der Waals surface area contributed by atoms with Crippen LogP contribution in [0.5, 0.6) is 0 Å². The molecule has 0 atom stereocenters. The predicted octanol–water partition coefficient (Wildman–Crippen LogP) is 2.17. The lowest BCUT2D eigenvalue weighted by Crippen LogP contribution is -2.43. The SMILES string of the molecule is Nc1ncnc2c1c(-c1cccc(CCS(N)(=O)=O)c1)cn2[C@H]1C[C@@H](CN2CCC2)C1. The van der Waals surface area contributed by atoms with E-state index in [1.54, 1.807) is 0 Å². The van der Waals surface area contributed by atoms with Crippen molar-refractivity contribution in [3.8, 4) is 11.1 Å². The van der Waals surface area contributed by atoms with Gasteiger partial charge in [-0.2, -0.15) is 0 Å². The first kappa shape index (κ1) is 20.4. The molecule has 0 bridgehead atoms. The summed E-state index contributed by atoms with van der Waals surface area (Å²) in [4.78, 5) is 11.3. The van der Waals surface area contributed by atoms with Gasteiger partial charge in [0.1, 0.15) is 17.8 Å². The van der Waals surface area contributed by atoms with E-state index in [2.05, 4.69) is 25.6 Å². The fourth-order valence-electron chi connectivity index (χ4n) is 4.77. The van der Waals surface area contributed by atoms with Gasteiger partial charge in [-0.05, 0) is 55.8 Å². The number of primary sulfonamides is 1. The number of sulfonamides is 1. The summed E-state index contributed by atoms with van der Waals surface area (Å²) in [5.41, 5.74) is 10.0. The Bertz CT molecular complexity index is 1210. The van der Waals surface area contributed by atoms with Crippen LogP contribution in [0.4, 0.5) is 5.82 Å². The van der Waals surface area contributed by atoms with Crippen LogP contribution in [0, 0.1) is 5.92 Å². The minimum atomic E-state index is -3.50. The van der Waals surface area contributed by atoms with Gasteiger partial charge in [0.2, 0.25) is 10.0 Å². The van der Waals surface area contributed by atoms with Crippen LogP contribution >= 0.6 is 0 Å². The lowest BCUT2D eigenvalue weighted by atomic mass is 9.79. The summed E-state index contributed by atoms with van der Waals surface area (Å²) in [6.07, 6.45) is 7.66. The molecule has 2 aliphatic rings. The Hall–Kier alpha value is -2.49. The zero-order chi connectivity index (χ0) is 21.6. The first-order chi connectivity index (χ1) is 14.9. The molecule has 1 aliphatic carbocycles. The number of rotatable bonds is 7. The monoisotopic (exact) mass is 440 g/mol. The molecule has 5 rings (SSSR count). The molecular weight excluding hydrogens is 412 g/mol. The van der Waals surface area contributed by atoms with Crippen LogP contribution in [0.2, 0.25) is 0 Å². The summed E-state index contributed by atoms with van der Waals surface area (Å²) in [6, 6.07) is 8.29. The minimum absolute atomic E-state index is 0.0794. The average Bonchev–Trinajstić information content (AvgIpc) is 3.04. The van der Waals surface area contributed by atoms with Crippen LogP contribution in [-0.2, 0) is 16.4 Å². The van der Waals surface area contributed by atoms with Crippen molar-refractivity contribution in [1.82, 2.24) is 19.4 Å². The van der Waals surface area contributed by atoms with E-state index in [9.17, 15) is 8.42 Å². The summed E-state index contributed by atoms with van der Waals surface area (Å²) in [7, 11) is -3.50. The molecular formula is C22H28N6O2S. The number of fused-ring (bicyclic) bond motifs is 1. The van der Waals surface area contributed by atoms with Gasteiger partial charge in [-0.3, -0.25) is 0 Å². The van der Waals surface area contributed by atoms with Crippen molar-refractivity contribution in [1.29, 1.82) is 0 Å². The van der Waals surface area contributed by atoms with Crippen molar-refractivity contribution in [2.24, 2.45) is 11.1 Å². The van der Waals surface area contributed by atoms with Gasteiger partial charge in [0.25, 0.3) is 0 Å². The van der Waals surface area contributed by atoms with Gasteiger partial charge in [0.05, 0.1) is 11.1 Å². The Morgan fingerprint density at radius 1 is 1.16 bits per heavy atom. The van der Waals surface area contributed by atoms with Crippen LogP contribution in [-0.4, -0.2) is 53.2 Å². The molecule has 2 aromatic heterocycles. The molecule has 0 unspecified atom stereocenters. The molecule has 164 valence electrons. The molecule has 9 heteroatoms. The minimum Gasteiger partial charge on any atom is -0.383 e. The Balaban J connectivity index is 1.44. The number of nitrogens with zero attached hydrogens (tertiary/aromatic N) is 4. The van der Waals surface area contributed by atoms with Crippen molar-refractivity contribution < 1.29 is 8.42 Å². The third-order valence-corrected chi connectivity index (χ3v) is 7.39. The van der Waals surface area contributed by atoms with Crippen LogP contribution in [0.25, 0.3) is 22.2 Å². The number of nitrogen functional groups attached to an aromatic ring is 1. The molecule has 1 saturated carbocycles. The maximum atomic E-state index is 11.4. The van der Waals surface area contributed by atoms with Crippen LogP contribution in [0.1, 0.15) is 30.9 Å². The van der Waals surface area contributed by atoms with E-state index in [-0.39, 0.29) is 5.75 Å². The van der Waals surface area contributed by atoms with Gasteiger partial charge in [-0.25, -0.2) is 23.5 Å². The van der Waals surface area contributed by atoms with Gasteiger partial charge in [0.15, 0.2) is 0 Å². The fraction of sp³-hybridized carbons (Fsp3) is 0.455. The highest BCUT2D eigenvalue weighted by molar-refractivity contribution is 7.89. The van der Waals surface area contributed by atoms with Gasteiger partial charge < -0.3 is 15.2 Å². The predicted molar refractivity (Wildman–Crippen MR) is 122 cm³/mol. The van der Waals surface area contributed by atoms with Crippen molar-refractivity contribution >= 4 is 26.9 Å². The molecule has 2 fully saturated rings. The molecule has 1 saturated heterocycles. The molecule has 4 N–H and O–H groups in total. The number of hydrogen-bond acceptors (Lipinski definition) is 6. The molecule has 31 heavy (non-hydrogen) atoms. The zero-order valence-electron chi connectivity index (χ0n) is 17.4. The van der Waals surface area contributed by atoms with E-state index in [1.165, 1.54) is 32.4 Å². The third-order valence-electron chi connectivity index (χ3n) is 6.62. The third kappa shape index (κ3) is 4.17. The van der Waals surface area contributed by atoms with Gasteiger partial charge >= 0.3 is 0 Å². The van der Waals surface area contributed by atoms with Gasteiger partial charge in [-0.1, -0.05) is 24.3 Å². The zero-order valence-corrected chi connectivity index (χ0v) is 18.3. The highest BCUT2D eigenvalue weighted by Crippen LogP contribution is 2.43. The number of aryl methyl sites for hydroxylation is 1. The number of benzene rings is 1. The van der Waals surface area contributed by atoms with Crippen molar-refractivity contribution in [2.75, 3.05) is 31.1 Å². The van der Waals surface area contributed by atoms with E-state index < -0.39 is 10.0 Å². The number of hydrogen-bond donors (Lipinski definition) is 2. The summed E-state index contributed by atoms with van der Waals surface area (Å²) in [6.45, 7) is 3.68. The van der Waals surface area contributed by atoms with Crippen molar-refractivity contribution in [3.05, 3.63) is 42.4 Å². The first-order valence-corrected chi connectivity index (χ1v) is 12.5. The maximum absolute atomic E-state index is 11.4. The Morgan fingerprint density at radius 3 is 2.68 bits per heavy atom. The standard InChI is InChI=1S/C22H28N6O2S/c23-21-20-19(17-4-1-3-15(9-17)5-8-31(24,29)30)13-28(22(20)26-14-25-21)18-10-16(11-18)12-27-6-2-7-27/h1,3-4,9,13-14,16,18H,2,5-8,10-12H2,(H2,23,25,26)(H2,24,29,30)/t16-,18+. The second-order valence-corrected chi connectivity index (χ2v) is 10.6. The number of anilines is 1. The summed E-state index contributed by atoms with van der Waals surface area (Å²) in [5.74, 6) is 1.13. The molecule has 1 aromatic carbocycles. The molecule has 8 nitrogen and oxygen atoms in total. The highest BCUT2D eigenvalue weighted by Gasteiger charge is 2.34. The Morgan fingerprint density at radius 2 is 1.97 bits per heavy atom. The van der Waals surface area contributed by atoms with Crippen molar-refractivity contribution in [2.45, 2.75) is 31.7 Å². The highest BCUT2D eigenvalue weighted by atomic mass is 32.2. The lowest BCUT2D eigenvalue weighted by Gasteiger charge is -2.42. The summed E-state index contributed by atoms with van der Waals surface area (Å²) >= 11 is 0.